The third-order valence-corrected chi connectivity index (χ3v) is 4.57. The highest BCUT2D eigenvalue weighted by Gasteiger charge is 2.31. The molecule has 0 aliphatic carbocycles. The molecular formula is C21H23NO3. The lowest BCUT2D eigenvalue weighted by atomic mass is 10.1. The van der Waals surface area contributed by atoms with Crippen LogP contribution in [0.2, 0.25) is 0 Å². The standard InChI is InChI=1S/C21H23NO3/c1-15-10-11-18(16(2)14-15)21(24)25-19(17-8-4-3-5-9-17)20(23)22-12-6-7-13-22/h3-5,8-11,14,19H,6-7,12-13H2,1-2H3/t19-/m0/s1. The fraction of sp³-hybridized carbons (Fsp3) is 0.333. The number of carbonyl (C=O) groups excluding carboxylic acids is 2. The molecule has 4 nitrogen and oxygen atoms in total. The van der Waals surface area contributed by atoms with E-state index in [9.17, 15) is 9.59 Å². The maximum atomic E-state index is 12.9. The van der Waals surface area contributed by atoms with Crippen molar-refractivity contribution in [2.24, 2.45) is 0 Å². The molecule has 4 heteroatoms. The smallest absolute Gasteiger partial charge is 0.339 e. The van der Waals surface area contributed by atoms with E-state index in [2.05, 4.69) is 0 Å². The van der Waals surface area contributed by atoms with Gasteiger partial charge in [-0.15, -0.1) is 0 Å². The number of nitrogens with zero attached hydrogens (tertiary/aromatic N) is 1. The van der Waals surface area contributed by atoms with Gasteiger partial charge in [0.15, 0.2) is 0 Å². The van der Waals surface area contributed by atoms with Crippen LogP contribution in [-0.4, -0.2) is 29.9 Å². The Hall–Kier alpha value is -2.62. The Morgan fingerprint density at radius 2 is 1.68 bits per heavy atom. The number of esters is 1. The Bertz CT molecular complexity index is 764. The Kier molecular flexibility index (Phi) is 5.17. The summed E-state index contributed by atoms with van der Waals surface area (Å²) in [5.41, 5.74) is 3.14. The van der Waals surface area contributed by atoms with Gasteiger partial charge in [-0.05, 0) is 38.3 Å². The van der Waals surface area contributed by atoms with Crippen LogP contribution in [0.15, 0.2) is 48.5 Å². The Morgan fingerprint density at radius 1 is 1.00 bits per heavy atom. The minimum absolute atomic E-state index is 0.137. The average molecular weight is 337 g/mol. The van der Waals surface area contributed by atoms with Gasteiger partial charge >= 0.3 is 5.97 Å². The summed E-state index contributed by atoms with van der Waals surface area (Å²) in [6, 6.07) is 14.8. The normalized spacial score (nSPS) is 15.0. The van der Waals surface area contributed by atoms with Crippen LogP contribution < -0.4 is 0 Å². The van der Waals surface area contributed by atoms with Gasteiger partial charge in [-0.1, -0.05) is 48.0 Å². The lowest BCUT2D eigenvalue weighted by Crippen LogP contribution is -2.35. The largest absolute Gasteiger partial charge is 0.444 e. The van der Waals surface area contributed by atoms with Gasteiger partial charge in [-0.3, -0.25) is 4.79 Å². The first-order chi connectivity index (χ1) is 12.1. The van der Waals surface area contributed by atoms with Gasteiger partial charge in [-0.25, -0.2) is 4.79 Å². The predicted molar refractivity (Wildman–Crippen MR) is 96.3 cm³/mol. The molecule has 0 bridgehead atoms. The van der Waals surface area contributed by atoms with E-state index in [-0.39, 0.29) is 5.91 Å². The maximum Gasteiger partial charge on any atom is 0.339 e. The van der Waals surface area contributed by atoms with Gasteiger partial charge in [0, 0.05) is 18.7 Å². The van der Waals surface area contributed by atoms with Gasteiger partial charge in [0.2, 0.25) is 6.10 Å². The quantitative estimate of drug-likeness (QED) is 0.797. The molecule has 1 aliphatic heterocycles. The van der Waals surface area contributed by atoms with Crippen molar-refractivity contribution in [3.8, 4) is 0 Å². The Labute approximate surface area is 148 Å². The van der Waals surface area contributed by atoms with E-state index in [1.807, 2.05) is 56.3 Å². The van der Waals surface area contributed by atoms with E-state index in [0.717, 1.165) is 37.1 Å². The van der Waals surface area contributed by atoms with Crippen LogP contribution in [0.1, 0.15) is 46.0 Å². The highest BCUT2D eigenvalue weighted by atomic mass is 16.5. The van der Waals surface area contributed by atoms with Crippen molar-refractivity contribution >= 4 is 11.9 Å². The summed E-state index contributed by atoms with van der Waals surface area (Å²) in [7, 11) is 0. The topological polar surface area (TPSA) is 46.6 Å². The number of rotatable bonds is 4. The molecule has 3 rings (SSSR count). The number of hydrogen-bond donors (Lipinski definition) is 0. The second-order valence-electron chi connectivity index (χ2n) is 6.55. The molecular weight excluding hydrogens is 314 g/mol. The van der Waals surface area contributed by atoms with Crippen LogP contribution >= 0.6 is 0 Å². The highest BCUT2D eigenvalue weighted by Crippen LogP contribution is 2.25. The average Bonchev–Trinajstić information content (AvgIpc) is 3.14. The molecule has 1 atom stereocenters. The minimum atomic E-state index is -0.896. The molecule has 0 saturated carbocycles. The zero-order valence-electron chi connectivity index (χ0n) is 14.7. The fourth-order valence-electron chi connectivity index (χ4n) is 3.21. The van der Waals surface area contributed by atoms with Gasteiger partial charge in [0.1, 0.15) is 0 Å². The maximum absolute atomic E-state index is 12.9. The predicted octanol–water partition coefficient (Wildman–Crippen LogP) is 3.82. The SMILES string of the molecule is Cc1ccc(C(=O)O[C@H](C(=O)N2CCCC2)c2ccccc2)c(C)c1. The number of aryl methyl sites for hydroxylation is 2. The fourth-order valence-corrected chi connectivity index (χ4v) is 3.21. The highest BCUT2D eigenvalue weighted by molar-refractivity contribution is 5.94. The van der Waals surface area contributed by atoms with E-state index in [1.165, 1.54) is 0 Å². The number of amides is 1. The van der Waals surface area contributed by atoms with E-state index in [4.69, 9.17) is 4.74 Å². The van der Waals surface area contributed by atoms with Crippen LogP contribution in [0.25, 0.3) is 0 Å². The van der Waals surface area contributed by atoms with E-state index in [0.29, 0.717) is 11.1 Å². The van der Waals surface area contributed by atoms with Crippen molar-refractivity contribution in [2.75, 3.05) is 13.1 Å². The summed E-state index contributed by atoms with van der Waals surface area (Å²) in [5, 5.41) is 0. The zero-order chi connectivity index (χ0) is 17.8. The Morgan fingerprint density at radius 3 is 2.32 bits per heavy atom. The second kappa shape index (κ2) is 7.51. The van der Waals surface area contributed by atoms with E-state index in [1.54, 1.807) is 11.0 Å². The van der Waals surface area contributed by atoms with Crippen molar-refractivity contribution < 1.29 is 14.3 Å². The molecule has 1 aliphatic rings. The third-order valence-electron chi connectivity index (χ3n) is 4.57. The van der Waals surface area contributed by atoms with Crippen LogP contribution in [0.3, 0.4) is 0 Å². The minimum Gasteiger partial charge on any atom is -0.444 e. The lowest BCUT2D eigenvalue weighted by Gasteiger charge is -2.24. The number of carbonyl (C=O) groups is 2. The van der Waals surface area contributed by atoms with Crippen molar-refractivity contribution in [3.05, 3.63) is 70.8 Å². The van der Waals surface area contributed by atoms with Crippen molar-refractivity contribution in [3.63, 3.8) is 0 Å². The van der Waals surface area contributed by atoms with Crippen LogP contribution in [0, 0.1) is 13.8 Å². The van der Waals surface area contributed by atoms with Crippen molar-refractivity contribution in [1.29, 1.82) is 0 Å². The molecule has 1 heterocycles. The molecule has 0 N–H and O–H groups in total. The molecule has 25 heavy (non-hydrogen) atoms. The molecule has 0 spiro atoms. The van der Waals surface area contributed by atoms with Crippen molar-refractivity contribution in [2.45, 2.75) is 32.8 Å². The van der Waals surface area contributed by atoms with Crippen molar-refractivity contribution in [1.82, 2.24) is 4.90 Å². The van der Waals surface area contributed by atoms with Gasteiger partial charge < -0.3 is 9.64 Å². The lowest BCUT2D eigenvalue weighted by molar-refractivity contribution is -0.140. The summed E-state index contributed by atoms with van der Waals surface area (Å²) in [4.78, 5) is 27.4. The molecule has 2 aromatic carbocycles. The van der Waals surface area contributed by atoms with Crippen LogP contribution in [-0.2, 0) is 9.53 Å². The number of hydrogen-bond acceptors (Lipinski definition) is 3. The van der Waals surface area contributed by atoms with Gasteiger partial charge in [0.25, 0.3) is 5.91 Å². The van der Waals surface area contributed by atoms with Gasteiger partial charge in [0.05, 0.1) is 5.56 Å². The summed E-state index contributed by atoms with van der Waals surface area (Å²) in [6.45, 7) is 5.31. The van der Waals surface area contributed by atoms with E-state index >= 15 is 0 Å². The molecule has 1 fully saturated rings. The van der Waals surface area contributed by atoms with Crippen LogP contribution in [0.4, 0.5) is 0 Å². The first kappa shape index (κ1) is 17.2. The third kappa shape index (κ3) is 3.90. The summed E-state index contributed by atoms with van der Waals surface area (Å²) >= 11 is 0. The first-order valence-corrected chi connectivity index (χ1v) is 8.68. The second-order valence-corrected chi connectivity index (χ2v) is 6.55. The molecule has 0 radical (unpaired) electrons. The Balaban J connectivity index is 1.86. The molecule has 2 aromatic rings. The molecule has 1 amide bonds. The summed E-state index contributed by atoms with van der Waals surface area (Å²) in [6.07, 6.45) is 1.10. The molecule has 1 saturated heterocycles. The molecule has 0 unspecified atom stereocenters. The van der Waals surface area contributed by atoms with Crippen LogP contribution in [0.5, 0.6) is 0 Å². The number of likely N-dealkylation sites (tertiary alicyclic amines) is 1. The number of benzene rings is 2. The molecule has 130 valence electrons. The molecule has 0 aromatic heterocycles. The van der Waals surface area contributed by atoms with E-state index < -0.39 is 12.1 Å². The zero-order valence-corrected chi connectivity index (χ0v) is 14.7. The van der Waals surface area contributed by atoms with Gasteiger partial charge in [-0.2, -0.15) is 0 Å². The number of ether oxygens (including phenoxy) is 1. The monoisotopic (exact) mass is 337 g/mol. The summed E-state index contributed by atoms with van der Waals surface area (Å²) in [5.74, 6) is -0.597. The first-order valence-electron chi connectivity index (χ1n) is 8.68. The summed E-state index contributed by atoms with van der Waals surface area (Å²) < 4.78 is 5.69.